The second kappa shape index (κ2) is 10.0. The summed E-state index contributed by atoms with van der Waals surface area (Å²) in [5.74, 6) is 1.83. The predicted molar refractivity (Wildman–Crippen MR) is 59.0 cm³/mol. The third-order valence-electron chi connectivity index (χ3n) is 1.01. The highest BCUT2D eigenvalue weighted by Gasteiger charge is 1.97. The molecule has 0 saturated heterocycles. The maximum absolute atomic E-state index is 10.8. The minimum absolute atomic E-state index is 0.341. The molecule has 78 valence electrons. The average molecular weight is 224 g/mol. The normalized spacial score (nSPS) is 9.69. The van der Waals surface area contributed by atoms with E-state index in [2.05, 4.69) is 10.1 Å². The maximum atomic E-state index is 10.8. The SMILES string of the molecule is CCOC(=O)NCCSSCCN. The van der Waals surface area contributed by atoms with E-state index < -0.39 is 0 Å². The van der Waals surface area contributed by atoms with E-state index in [4.69, 9.17) is 5.73 Å². The second-order valence-corrected chi connectivity index (χ2v) is 4.78. The van der Waals surface area contributed by atoms with Gasteiger partial charge in [-0.15, -0.1) is 0 Å². The number of nitrogens with two attached hydrogens (primary N) is 1. The van der Waals surface area contributed by atoms with Gasteiger partial charge in [-0.05, 0) is 6.92 Å². The highest BCUT2D eigenvalue weighted by Crippen LogP contribution is 2.18. The van der Waals surface area contributed by atoms with E-state index >= 15 is 0 Å². The van der Waals surface area contributed by atoms with E-state index in [1.807, 2.05) is 0 Å². The van der Waals surface area contributed by atoms with Gasteiger partial charge in [-0.1, -0.05) is 21.6 Å². The van der Waals surface area contributed by atoms with Gasteiger partial charge >= 0.3 is 6.09 Å². The number of alkyl carbamates (subject to hydrolysis) is 1. The lowest BCUT2D eigenvalue weighted by Crippen LogP contribution is -2.26. The summed E-state index contributed by atoms with van der Waals surface area (Å²) in [4.78, 5) is 10.8. The van der Waals surface area contributed by atoms with Crippen LogP contribution in [0.1, 0.15) is 6.92 Å². The van der Waals surface area contributed by atoms with Gasteiger partial charge < -0.3 is 15.8 Å². The van der Waals surface area contributed by atoms with Crippen LogP contribution in [-0.2, 0) is 4.74 Å². The Labute approximate surface area is 86.7 Å². The van der Waals surface area contributed by atoms with Crippen LogP contribution in [0.5, 0.6) is 0 Å². The summed E-state index contributed by atoms with van der Waals surface area (Å²) in [5, 5.41) is 2.63. The Morgan fingerprint density at radius 2 is 2.15 bits per heavy atom. The third kappa shape index (κ3) is 9.85. The first-order valence-corrected chi connectivity index (χ1v) is 6.65. The van der Waals surface area contributed by atoms with Crippen LogP contribution in [0.2, 0.25) is 0 Å². The molecule has 0 aromatic carbocycles. The van der Waals surface area contributed by atoms with Crippen molar-refractivity contribution < 1.29 is 9.53 Å². The van der Waals surface area contributed by atoms with Crippen molar-refractivity contribution in [3.63, 3.8) is 0 Å². The molecule has 0 radical (unpaired) electrons. The molecule has 0 fully saturated rings. The highest BCUT2D eigenvalue weighted by molar-refractivity contribution is 8.76. The van der Waals surface area contributed by atoms with Crippen LogP contribution in [0.4, 0.5) is 4.79 Å². The van der Waals surface area contributed by atoms with Crippen molar-refractivity contribution in [3.05, 3.63) is 0 Å². The summed E-state index contributed by atoms with van der Waals surface area (Å²) in [6.07, 6.45) is -0.341. The van der Waals surface area contributed by atoms with Crippen molar-refractivity contribution in [1.29, 1.82) is 0 Å². The summed E-state index contributed by atoms with van der Waals surface area (Å²) >= 11 is 0. The van der Waals surface area contributed by atoms with Gasteiger partial charge in [-0.3, -0.25) is 0 Å². The lowest BCUT2D eigenvalue weighted by molar-refractivity contribution is 0.153. The maximum Gasteiger partial charge on any atom is 0.407 e. The van der Waals surface area contributed by atoms with Gasteiger partial charge in [0.05, 0.1) is 6.61 Å². The lowest BCUT2D eigenvalue weighted by atomic mass is 10.7. The van der Waals surface area contributed by atoms with Crippen LogP contribution in [0.15, 0.2) is 0 Å². The largest absolute Gasteiger partial charge is 0.450 e. The van der Waals surface area contributed by atoms with Gasteiger partial charge in [0, 0.05) is 24.6 Å². The zero-order valence-corrected chi connectivity index (χ0v) is 9.38. The van der Waals surface area contributed by atoms with Gasteiger partial charge in [0.2, 0.25) is 0 Å². The number of nitrogens with one attached hydrogen (secondary N) is 1. The molecule has 0 spiro atoms. The summed E-state index contributed by atoms with van der Waals surface area (Å²) < 4.78 is 4.68. The van der Waals surface area contributed by atoms with Crippen LogP contribution in [0, 0.1) is 0 Å². The van der Waals surface area contributed by atoms with Crippen molar-refractivity contribution in [2.45, 2.75) is 6.92 Å². The number of rotatable bonds is 7. The molecule has 0 heterocycles. The molecule has 6 heteroatoms. The second-order valence-electron chi connectivity index (χ2n) is 2.08. The van der Waals surface area contributed by atoms with E-state index in [-0.39, 0.29) is 6.09 Å². The number of hydrogen-bond donors (Lipinski definition) is 2. The lowest BCUT2D eigenvalue weighted by Gasteiger charge is -2.03. The van der Waals surface area contributed by atoms with E-state index in [9.17, 15) is 4.79 Å². The minimum Gasteiger partial charge on any atom is -0.450 e. The fourth-order valence-corrected chi connectivity index (χ4v) is 2.31. The molecule has 0 bridgehead atoms. The Morgan fingerprint density at radius 3 is 2.77 bits per heavy atom. The average Bonchev–Trinajstić information content (AvgIpc) is 2.11. The smallest absolute Gasteiger partial charge is 0.407 e. The van der Waals surface area contributed by atoms with Crippen molar-refractivity contribution in [1.82, 2.24) is 5.32 Å². The molecule has 0 atom stereocenters. The molecule has 0 aromatic heterocycles. The van der Waals surface area contributed by atoms with Crippen LogP contribution in [-0.4, -0.2) is 37.3 Å². The van der Waals surface area contributed by atoms with Crippen LogP contribution < -0.4 is 11.1 Å². The van der Waals surface area contributed by atoms with Crippen molar-refractivity contribution in [2.24, 2.45) is 5.73 Å². The first-order chi connectivity index (χ1) is 6.31. The van der Waals surface area contributed by atoms with Gasteiger partial charge in [0.15, 0.2) is 0 Å². The van der Waals surface area contributed by atoms with E-state index in [0.717, 1.165) is 11.5 Å². The topological polar surface area (TPSA) is 64.3 Å². The van der Waals surface area contributed by atoms with E-state index in [1.54, 1.807) is 28.5 Å². The molecule has 1 amide bonds. The molecule has 0 rings (SSSR count). The fraction of sp³-hybridized carbons (Fsp3) is 0.857. The number of hydrogen-bond acceptors (Lipinski definition) is 5. The zero-order chi connectivity index (χ0) is 9.94. The standard InChI is InChI=1S/C7H16N2O2S2/c1-2-11-7(10)9-4-6-13-12-5-3-8/h2-6,8H2,1H3,(H,9,10). The highest BCUT2D eigenvalue weighted by atomic mass is 33.1. The molecule has 13 heavy (non-hydrogen) atoms. The Kier molecular flexibility index (Phi) is 9.96. The first-order valence-electron chi connectivity index (χ1n) is 4.16. The van der Waals surface area contributed by atoms with Gasteiger partial charge in [-0.2, -0.15) is 0 Å². The van der Waals surface area contributed by atoms with Gasteiger partial charge in [-0.25, -0.2) is 4.79 Å². The first kappa shape index (κ1) is 12.9. The minimum atomic E-state index is -0.341. The van der Waals surface area contributed by atoms with Gasteiger partial charge in [0.25, 0.3) is 0 Å². The Hall–Kier alpha value is -0.0700. The number of ether oxygens (including phenoxy) is 1. The molecular formula is C7H16N2O2S2. The van der Waals surface area contributed by atoms with Crippen LogP contribution in [0.25, 0.3) is 0 Å². The van der Waals surface area contributed by atoms with Crippen LogP contribution in [0.3, 0.4) is 0 Å². The summed E-state index contributed by atoms with van der Waals surface area (Å²) in [6, 6.07) is 0. The summed E-state index contributed by atoms with van der Waals surface area (Å²) in [7, 11) is 3.42. The zero-order valence-electron chi connectivity index (χ0n) is 7.75. The van der Waals surface area contributed by atoms with E-state index in [0.29, 0.717) is 19.7 Å². The number of carbonyl (C=O) groups excluding carboxylic acids is 1. The van der Waals surface area contributed by atoms with Crippen molar-refractivity contribution >= 4 is 27.7 Å². The molecule has 3 N–H and O–H groups in total. The molecule has 0 aliphatic carbocycles. The summed E-state index contributed by atoms with van der Waals surface area (Å²) in [6.45, 7) is 3.54. The predicted octanol–water partition coefficient (Wildman–Crippen LogP) is 1.07. The Bertz CT molecular complexity index is 136. The van der Waals surface area contributed by atoms with Crippen molar-refractivity contribution in [2.75, 3.05) is 31.2 Å². The molecular weight excluding hydrogens is 208 g/mol. The molecule has 0 aliphatic rings. The molecule has 0 unspecified atom stereocenters. The van der Waals surface area contributed by atoms with E-state index in [1.165, 1.54) is 0 Å². The molecule has 0 aromatic rings. The molecule has 0 aliphatic heterocycles. The Morgan fingerprint density at radius 1 is 1.46 bits per heavy atom. The van der Waals surface area contributed by atoms with Crippen molar-refractivity contribution in [3.8, 4) is 0 Å². The summed E-state index contributed by atoms with van der Waals surface area (Å²) in [5.41, 5.74) is 5.31. The number of carbonyl (C=O) groups is 1. The Balaban J connectivity index is 3.02. The number of amides is 1. The molecule has 4 nitrogen and oxygen atoms in total. The fourth-order valence-electron chi connectivity index (χ4n) is 0.543. The quantitative estimate of drug-likeness (QED) is 0.500. The van der Waals surface area contributed by atoms with Crippen LogP contribution >= 0.6 is 21.6 Å². The monoisotopic (exact) mass is 224 g/mol. The van der Waals surface area contributed by atoms with Gasteiger partial charge in [0.1, 0.15) is 0 Å². The molecule has 0 saturated carbocycles. The third-order valence-corrected chi connectivity index (χ3v) is 3.45.